The quantitative estimate of drug-likeness (QED) is 0.592. The van der Waals surface area contributed by atoms with E-state index < -0.39 is 0 Å². The second kappa shape index (κ2) is 3.60. The first-order chi connectivity index (χ1) is 5.24. The molecule has 1 rings (SSSR count). The second-order valence-electron chi connectivity index (χ2n) is 1.73. The van der Waals surface area contributed by atoms with Crippen molar-refractivity contribution in [3.63, 3.8) is 0 Å². The highest BCUT2D eigenvalue weighted by Gasteiger charge is 1.98. The van der Waals surface area contributed by atoms with E-state index in [4.69, 9.17) is 11.0 Å². The molecule has 1 aromatic rings. The van der Waals surface area contributed by atoms with Crippen LogP contribution in [0, 0.1) is 10.7 Å². The summed E-state index contributed by atoms with van der Waals surface area (Å²) >= 11 is 4.26. The fraction of sp³-hybridized carbons (Fsp3) is 0. The first-order valence-corrected chi connectivity index (χ1v) is 4.32. The highest BCUT2D eigenvalue weighted by atomic mass is 79.9. The molecule has 0 aliphatic rings. The van der Waals surface area contributed by atoms with Crippen LogP contribution in [0.3, 0.4) is 0 Å². The van der Waals surface area contributed by atoms with Crippen LogP contribution in [0.1, 0.15) is 0 Å². The Bertz CT molecular complexity index is 307. The molecule has 0 saturated heterocycles. The fourth-order valence-electron chi connectivity index (χ4n) is 0.539. The number of hydrogen-bond acceptors (Lipinski definition) is 4. The highest BCUT2D eigenvalue weighted by molar-refractivity contribution is 9.10. The molecule has 0 spiro atoms. The van der Waals surface area contributed by atoms with Crippen LogP contribution < -0.4 is 5.73 Å². The molecule has 3 nitrogen and oxygen atoms in total. The maximum absolute atomic E-state index is 8.32. The molecule has 5 heteroatoms. The van der Waals surface area contributed by atoms with Gasteiger partial charge in [0.25, 0.3) is 0 Å². The smallest absolute Gasteiger partial charge is 0.138 e. The van der Waals surface area contributed by atoms with Gasteiger partial charge < -0.3 is 5.73 Å². The minimum Gasteiger partial charge on any atom is -0.383 e. The van der Waals surface area contributed by atoms with Gasteiger partial charge >= 0.3 is 0 Å². The van der Waals surface area contributed by atoms with E-state index in [9.17, 15) is 0 Å². The van der Waals surface area contributed by atoms with Crippen molar-refractivity contribution in [3.8, 4) is 5.40 Å². The molecule has 0 aliphatic carbocycles. The first-order valence-electron chi connectivity index (χ1n) is 2.71. The summed E-state index contributed by atoms with van der Waals surface area (Å²) in [7, 11) is 0. The Kier molecular flexibility index (Phi) is 2.74. The van der Waals surface area contributed by atoms with Crippen molar-refractivity contribution >= 4 is 33.5 Å². The van der Waals surface area contributed by atoms with Crippen molar-refractivity contribution in [3.05, 3.63) is 16.7 Å². The van der Waals surface area contributed by atoms with Gasteiger partial charge in [0.05, 0.1) is 4.47 Å². The summed E-state index contributed by atoms with van der Waals surface area (Å²) in [4.78, 5) is 4.64. The molecule has 1 aromatic heterocycles. The number of aromatic nitrogens is 1. The number of thioether (sulfide) groups is 1. The zero-order valence-corrected chi connectivity index (χ0v) is 7.82. The van der Waals surface area contributed by atoms with Gasteiger partial charge in [0.2, 0.25) is 0 Å². The summed E-state index contributed by atoms with van der Waals surface area (Å²) in [5, 5.41) is 10.3. The number of nitrogens with zero attached hydrogens (tertiary/aromatic N) is 2. The predicted molar refractivity (Wildman–Crippen MR) is 47.8 cm³/mol. The number of thiocyanates is 1. The van der Waals surface area contributed by atoms with Gasteiger partial charge in [-0.05, 0) is 33.8 Å². The van der Waals surface area contributed by atoms with Crippen LogP contribution in [0.5, 0.6) is 0 Å². The second-order valence-corrected chi connectivity index (χ2v) is 3.44. The summed E-state index contributed by atoms with van der Waals surface area (Å²) in [6, 6.07) is 1.76. The van der Waals surface area contributed by atoms with E-state index >= 15 is 0 Å². The molecule has 0 fully saturated rings. The number of pyridine rings is 1. The Balaban J connectivity index is 2.98. The van der Waals surface area contributed by atoms with Crippen molar-refractivity contribution in [2.45, 2.75) is 4.90 Å². The number of hydrogen-bond donors (Lipinski definition) is 1. The van der Waals surface area contributed by atoms with Gasteiger partial charge in [-0.3, -0.25) is 0 Å². The third-order valence-corrected chi connectivity index (χ3v) is 2.19. The maximum atomic E-state index is 8.32. The topological polar surface area (TPSA) is 62.7 Å². The molecule has 0 saturated carbocycles. The average Bonchev–Trinajstić information content (AvgIpc) is 1.98. The van der Waals surface area contributed by atoms with Crippen LogP contribution in [-0.2, 0) is 0 Å². The van der Waals surface area contributed by atoms with Crippen LogP contribution in [0.15, 0.2) is 21.6 Å². The molecule has 0 unspecified atom stereocenters. The third kappa shape index (κ3) is 2.10. The lowest BCUT2D eigenvalue weighted by molar-refractivity contribution is 1.23. The molecule has 2 N–H and O–H groups in total. The maximum Gasteiger partial charge on any atom is 0.138 e. The van der Waals surface area contributed by atoms with Crippen molar-refractivity contribution in [2.24, 2.45) is 0 Å². The van der Waals surface area contributed by atoms with E-state index in [-0.39, 0.29) is 0 Å². The van der Waals surface area contributed by atoms with Crippen LogP contribution >= 0.6 is 27.7 Å². The normalized spacial score (nSPS) is 9.09. The van der Waals surface area contributed by atoms with Crippen molar-refractivity contribution in [2.75, 3.05) is 5.73 Å². The summed E-state index contributed by atoms with van der Waals surface area (Å²) in [5.41, 5.74) is 5.43. The van der Waals surface area contributed by atoms with Gasteiger partial charge in [-0.15, -0.1) is 0 Å². The first kappa shape index (κ1) is 8.37. The third-order valence-electron chi connectivity index (χ3n) is 1.01. The van der Waals surface area contributed by atoms with Gasteiger partial charge in [-0.1, -0.05) is 0 Å². The van der Waals surface area contributed by atoms with Gasteiger partial charge in [0, 0.05) is 11.1 Å². The molecule has 56 valence electrons. The summed E-state index contributed by atoms with van der Waals surface area (Å²) in [6.07, 6.45) is 1.56. The highest BCUT2D eigenvalue weighted by Crippen LogP contribution is 2.23. The lowest BCUT2D eigenvalue weighted by Crippen LogP contribution is -1.90. The van der Waals surface area contributed by atoms with E-state index in [1.165, 1.54) is 0 Å². The van der Waals surface area contributed by atoms with Gasteiger partial charge in [0.15, 0.2) is 0 Å². The lowest BCUT2D eigenvalue weighted by atomic mass is 10.5. The Morgan fingerprint density at radius 3 is 3.00 bits per heavy atom. The van der Waals surface area contributed by atoms with E-state index in [1.54, 1.807) is 12.3 Å². The molecule has 1 heterocycles. The Morgan fingerprint density at radius 2 is 2.45 bits per heavy atom. The number of anilines is 1. The van der Waals surface area contributed by atoms with Crippen LogP contribution in [0.4, 0.5) is 5.82 Å². The number of rotatable bonds is 1. The number of nitrogens with two attached hydrogens (primary N) is 1. The van der Waals surface area contributed by atoms with E-state index in [0.717, 1.165) is 21.1 Å². The van der Waals surface area contributed by atoms with Crippen LogP contribution in [-0.4, -0.2) is 4.98 Å². The van der Waals surface area contributed by atoms with Gasteiger partial charge in [0.1, 0.15) is 11.2 Å². The van der Waals surface area contributed by atoms with Crippen molar-refractivity contribution < 1.29 is 0 Å². The zero-order chi connectivity index (χ0) is 8.27. The summed E-state index contributed by atoms with van der Waals surface area (Å²) in [6.45, 7) is 0. The Hall–Kier alpha value is -0.730. The molecule has 0 amide bonds. The molecule has 0 aliphatic heterocycles. The van der Waals surface area contributed by atoms with E-state index in [1.807, 2.05) is 5.40 Å². The summed E-state index contributed by atoms with van der Waals surface area (Å²) in [5.74, 6) is 0.437. The van der Waals surface area contributed by atoms with E-state index in [2.05, 4.69) is 20.9 Å². The summed E-state index contributed by atoms with van der Waals surface area (Å²) < 4.78 is 0.720. The molecule has 0 atom stereocenters. The standard InChI is InChI=1S/C6H4BrN3S/c7-5-1-4(11-3-8)2-10-6(5)9/h1-2H,(H2,9,10). The van der Waals surface area contributed by atoms with Crippen LogP contribution in [0.2, 0.25) is 0 Å². The molecule has 0 aromatic carbocycles. The molecule has 0 radical (unpaired) electrons. The van der Waals surface area contributed by atoms with Gasteiger partial charge in [-0.25, -0.2) is 4.98 Å². The lowest BCUT2D eigenvalue weighted by Gasteiger charge is -1.96. The molecular formula is C6H4BrN3S. The molecule has 11 heavy (non-hydrogen) atoms. The molecular weight excluding hydrogens is 226 g/mol. The number of nitrogen functional groups attached to an aromatic ring is 1. The van der Waals surface area contributed by atoms with Crippen LogP contribution in [0.25, 0.3) is 0 Å². The Morgan fingerprint density at radius 1 is 1.73 bits per heavy atom. The number of nitriles is 1. The predicted octanol–water partition coefficient (Wildman–Crippen LogP) is 2.00. The monoisotopic (exact) mass is 229 g/mol. The average molecular weight is 230 g/mol. The Labute approximate surface area is 76.7 Å². The van der Waals surface area contributed by atoms with Crippen molar-refractivity contribution in [1.82, 2.24) is 4.98 Å². The molecule has 0 bridgehead atoms. The zero-order valence-electron chi connectivity index (χ0n) is 5.41. The fourth-order valence-corrected chi connectivity index (χ4v) is 1.43. The van der Waals surface area contributed by atoms with Crippen molar-refractivity contribution in [1.29, 1.82) is 5.26 Å². The largest absolute Gasteiger partial charge is 0.383 e. The number of halogens is 1. The van der Waals surface area contributed by atoms with E-state index in [0.29, 0.717) is 5.82 Å². The van der Waals surface area contributed by atoms with Gasteiger partial charge in [-0.2, -0.15) is 5.26 Å². The minimum absolute atomic E-state index is 0.437. The SMILES string of the molecule is N#CSc1cnc(N)c(Br)c1. The minimum atomic E-state index is 0.437.